The maximum absolute atomic E-state index is 13.2. The van der Waals surface area contributed by atoms with Crippen LogP contribution in [0.25, 0.3) is 22.6 Å². The Labute approximate surface area is 161 Å². The average Bonchev–Trinajstić information content (AvgIpc) is 3.13. The number of hydrogen-bond acceptors (Lipinski definition) is 3. The minimum atomic E-state index is -0.391. The van der Waals surface area contributed by atoms with E-state index in [1.807, 2.05) is 47.9 Å². The SMILES string of the molecule is C=C(C)Cn1c(=O)c2c(nc3n(-c4cccc(C)c4)c(C)c(C)n23)n(C)c1=O. The van der Waals surface area contributed by atoms with Crippen LogP contribution in [0.4, 0.5) is 0 Å². The fourth-order valence-electron chi connectivity index (χ4n) is 3.74. The zero-order valence-electron chi connectivity index (χ0n) is 16.8. The lowest BCUT2D eigenvalue weighted by Gasteiger charge is -2.08. The summed E-state index contributed by atoms with van der Waals surface area (Å²) in [6, 6.07) is 8.12. The second-order valence-electron chi connectivity index (χ2n) is 7.45. The molecule has 0 aliphatic rings. The van der Waals surface area contributed by atoms with Gasteiger partial charge >= 0.3 is 5.69 Å². The molecular weight excluding hydrogens is 354 g/mol. The third kappa shape index (κ3) is 2.39. The van der Waals surface area contributed by atoms with Crippen LogP contribution in [0.3, 0.4) is 0 Å². The van der Waals surface area contributed by atoms with Crippen molar-refractivity contribution in [2.24, 2.45) is 7.05 Å². The number of aryl methyl sites for hydroxylation is 3. The molecule has 0 spiro atoms. The Morgan fingerprint density at radius 2 is 1.86 bits per heavy atom. The first-order chi connectivity index (χ1) is 13.2. The van der Waals surface area contributed by atoms with Crippen molar-refractivity contribution in [2.45, 2.75) is 34.2 Å². The Bertz CT molecular complexity index is 1390. The molecule has 28 heavy (non-hydrogen) atoms. The normalized spacial score (nSPS) is 11.6. The Morgan fingerprint density at radius 3 is 2.50 bits per heavy atom. The number of allylic oxidation sites excluding steroid dienone is 1. The molecule has 7 heteroatoms. The summed E-state index contributed by atoms with van der Waals surface area (Å²) in [5.74, 6) is 0.621. The molecule has 0 bridgehead atoms. The molecule has 0 saturated carbocycles. The third-order valence-electron chi connectivity index (χ3n) is 5.21. The van der Waals surface area contributed by atoms with Crippen molar-refractivity contribution in [1.29, 1.82) is 0 Å². The van der Waals surface area contributed by atoms with E-state index in [0.717, 1.165) is 28.2 Å². The predicted molar refractivity (Wildman–Crippen MR) is 111 cm³/mol. The van der Waals surface area contributed by atoms with E-state index in [1.54, 1.807) is 14.0 Å². The molecular formula is C21H23N5O2. The van der Waals surface area contributed by atoms with E-state index >= 15 is 0 Å². The molecule has 0 unspecified atom stereocenters. The summed E-state index contributed by atoms with van der Waals surface area (Å²) < 4.78 is 6.53. The summed E-state index contributed by atoms with van der Waals surface area (Å²) in [6.45, 7) is 11.8. The lowest BCUT2D eigenvalue weighted by molar-refractivity contribution is 0.651. The molecule has 4 aromatic rings. The highest BCUT2D eigenvalue weighted by molar-refractivity contribution is 5.77. The summed E-state index contributed by atoms with van der Waals surface area (Å²) in [5.41, 5.74) is 4.80. The highest BCUT2D eigenvalue weighted by Crippen LogP contribution is 2.24. The first-order valence-electron chi connectivity index (χ1n) is 9.13. The zero-order valence-corrected chi connectivity index (χ0v) is 16.8. The summed E-state index contributed by atoms with van der Waals surface area (Å²) in [4.78, 5) is 30.6. The van der Waals surface area contributed by atoms with Crippen LogP contribution in [0.5, 0.6) is 0 Å². The first kappa shape index (κ1) is 18.0. The van der Waals surface area contributed by atoms with Crippen LogP contribution in [0.2, 0.25) is 0 Å². The summed E-state index contributed by atoms with van der Waals surface area (Å²) in [6.07, 6.45) is 0. The van der Waals surface area contributed by atoms with Crippen molar-refractivity contribution in [1.82, 2.24) is 23.1 Å². The largest absolute Gasteiger partial charge is 0.332 e. The van der Waals surface area contributed by atoms with Gasteiger partial charge in [0, 0.05) is 24.1 Å². The van der Waals surface area contributed by atoms with E-state index in [-0.39, 0.29) is 12.1 Å². The van der Waals surface area contributed by atoms with Crippen molar-refractivity contribution < 1.29 is 0 Å². The molecule has 3 aromatic heterocycles. The molecule has 0 aliphatic carbocycles. The number of fused-ring (bicyclic) bond motifs is 3. The maximum atomic E-state index is 13.2. The smallest absolute Gasteiger partial charge is 0.283 e. The molecule has 0 fully saturated rings. The van der Waals surface area contributed by atoms with Crippen LogP contribution in [0, 0.1) is 20.8 Å². The summed E-state index contributed by atoms with van der Waals surface area (Å²) in [7, 11) is 1.64. The molecule has 1 aromatic carbocycles. The highest BCUT2D eigenvalue weighted by atomic mass is 16.2. The van der Waals surface area contributed by atoms with Crippen LogP contribution >= 0.6 is 0 Å². The topological polar surface area (TPSA) is 66.2 Å². The Kier molecular flexibility index (Phi) is 3.92. The monoisotopic (exact) mass is 377 g/mol. The van der Waals surface area contributed by atoms with Gasteiger partial charge in [0.05, 0.1) is 6.54 Å². The lowest BCUT2D eigenvalue weighted by atomic mass is 10.2. The first-order valence-corrected chi connectivity index (χ1v) is 9.13. The van der Waals surface area contributed by atoms with Crippen molar-refractivity contribution >= 4 is 16.9 Å². The van der Waals surface area contributed by atoms with Gasteiger partial charge in [-0.1, -0.05) is 24.3 Å². The number of aromatic nitrogens is 5. The second-order valence-corrected chi connectivity index (χ2v) is 7.45. The van der Waals surface area contributed by atoms with Gasteiger partial charge in [0.1, 0.15) is 0 Å². The van der Waals surface area contributed by atoms with Gasteiger partial charge in [-0.25, -0.2) is 4.79 Å². The van der Waals surface area contributed by atoms with E-state index in [4.69, 9.17) is 4.98 Å². The van der Waals surface area contributed by atoms with Gasteiger partial charge in [-0.15, -0.1) is 0 Å². The summed E-state index contributed by atoms with van der Waals surface area (Å²) >= 11 is 0. The molecule has 144 valence electrons. The average molecular weight is 377 g/mol. The van der Waals surface area contributed by atoms with Gasteiger partial charge in [0.25, 0.3) is 5.56 Å². The van der Waals surface area contributed by atoms with Crippen LogP contribution in [-0.2, 0) is 13.6 Å². The molecule has 0 atom stereocenters. The Balaban J connectivity index is 2.20. The molecule has 0 radical (unpaired) electrons. The van der Waals surface area contributed by atoms with Gasteiger partial charge in [0.2, 0.25) is 5.78 Å². The van der Waals surface area contributed by atoms with E-state index in [0.29, 0.717) is 16.9 Å². The van der Waals surface area contributed by atoms with Crippen LogP contribution in [0.15, 0.2) is 46.0 Å². The molecule has 0 aliphatic heterocycles. The highest BCUT2D eigenvalue weighted by Gasteiger charge is 2.23. The fraction of sp³-hybridized carbons (Fsp3) is 0.286. The standard InChI is InChI=1S/C21H23N5O2/c1-12(2)11-24-19(27)17-18(23(6)21(24)28)22-20-25(14(4)15(5)26(17)20)16-9-7-8-13(3)10-16/h7-10H,1,11H2,2-6H3. The quantitative estimate of drug-likeness (QED) is 0.516. The number of nitrogens with zero attached hydrogens (tertiary/aromatic N) is 5. The number of hydrogen-bond donors (Lipinski definition) is 0. The van der Waals surface area contributed by atoms with Gasteiger partial charge in [-0.2, -0.15) is 4.98 Å². The molecule has 0 amide bonds. The molecule has 0 saturated heterocycles. The van der Waals surface area contributed by atoms with E-state index in [9.17, 15) is 9.59 Å². The predicted octanol–water partition coefficient (Wildman–Crippen LogP) is 2.64. The minimum Gasteiger partial charge on any atom is -0.283 e. The van der Waals surface area contributed by atoms with E-state index in [2.05, 4.69) is 12.6 Å². The third-order valence-corrected chi connectivity index (χ3v) is 5.21. The Morgan fingerprint density at radius 1 is 1.14 bits per heavy atom. The van der Waals surface area contributed by atoms with Crippen LogP contribution in [0.1, 0.15) is 23.9 Å². The van der Waals surface area contributed by atoms with Crippen LogP contribution < -0.4 is 11.2 Å². The summed E-state index contributed by atoms with van der Waals surface area (Å²) in [5, 5.41) is 0. The molecule has 7 nitrogen and oxygen atoms in total. The Hall–Kier alpha value is -3.35. The number of rotatable bonds is 3. The van der Waals surface area contributed by atoms with Gasteiger partial charge in [-0.3, -0.25) is 22.9 Å². The molecule has 4 rings (SSSR count). The molecule has 3 heterocycles. The maximum Gasteiger partial charge on any atom is 0.332 e. The van der Waals surface area contributed by atoms with Gasteiger partial charge in [-0.05, 0) is 45.4 Å². The lowest BCUT2D eigenvalue weighted by Crippen LogP contribution is -2.39. The minimum absolute atomic E-state index is 0.186. The van der Waals surface area contributed by atoms with Crippen LogP contribution in [-0.4, -0.2) is 23.1 Å². The van der Waals surface area contributed by atoms with Crippen molar-refractivity contribution in [2.75, 3.05) is 0 Å². The second kappa shape index (κ2) is 6.09. The molecule has 0 N–H and O–H groups in total. The number of imidazole rings is 2. The number of benzene rings is 1. The van der Waals surface area contributed by atoms with Gasteiger partial charge in [0.15, 0.2) is 11.2 Å². The van der Waals surface area contributed by atoms with Crippen molar-refractivity contribution in [3.05, 3.63) is 74.2 Å². The van der Waals surface area contributed by atoms with Gasteiger partial charge < -0.3 is 0 Å². The fourth-order valence-corrected chi connectivity index (χ4v) is 3.74. The van der Waals surface area contributed by atoms with Crippen molar-refractivity contribution in [3.8, 4) is 5.69 Å². The zero-order chi connectivity index (χ0) is 20.3. The van der Waals surface area contributed by atoms with E-state index in [1.165, 1.54) is 9.13 Å². The van der Waals surface area contributed by atoms with Crippen molar-refractivity contribution in [3.63, 3.8) is 0 Å². The van der Waals surface area contributed by atoms with E-state index < -0.39 is 5.69 Å².